The second-order valence-electron chi connectivity index (χ2n) is 7.94. The van der Waals surface area contributed by atoms with Crippen LogP contribution in [0.1, 0.15) is 47.4 Å². The van der Waals surface area contributed by atoms with E-state index in [9.17, 15) is 4.79 Å². The lowest BCUT2D eigenvalue weighted by Gasteiger charge is -2.29. The Hall–Kier alpha value is -3.41. The summed E-state index contributed by atoms with van der Waals surface area (Å²) in [5.41, 5.74) is 2.44. The average molecular weight is 418 g/mol. The third-order valence-corrected chi connectivity index (χ3v) is 5.34. The van der Waals surface area contributed by atoms with Crippen molar-refractivity contribution in [3.8, 4) is 17.5 Å². The number of para-hydroxylation sites is 1. The van der Waals surface area contributed by atoms with E-state index in [4.69, 9.17) is 9.47 Å². The molecule has 6 nitrogen and oxygen atoms in total. The largest absolute Gasteiger partial charge is 0.460 e. The van der Waals surface area contributed by atoms with E-state index in [-0.39, 0.29) is 18.1 Å². The zero-order chi connectivity index (χ0) is 21.6. The van der Waals surface area contributed by atoms with Gasteiger partial charge in [0.1, 0.15) is 17.6 Å². The molecule has 6 heteroatoms. The van der Waals surface area contributed by atoms with Crippen LogP contribution in [0.4, 0.5) is 0 Å². The fourth-order valence-corrected chi connectivity index (χ4v) is 3.79. The molecule has 1 heterocycles. The van der Waals surface area contributed by atoms with Gasteiger partial charge in [-0.15, -0.1) is 0 Å². The molecule has 4 rings (SSSR count). The number of carbonyl (C=O) groups is 1. The van der Waals surface area contributed by atoms with Gasteiger partial charge in [0.2, 0.25) is 0 Å². The van der Waals surface area contributed by atoms with E-state index in [1.165, 1.54) is 0 Å². The number of carbonyl (C=O) groups excluding carboxylic acids is 1. The van der Waals surface area contributed by atoms with Crippen molar-refractivity contribution in [2.45, 2.75) is 51.7 Å². The van der Waals surface area contributed by atoms with Gasteiger partial charge in [0.05, 0.1) is 0 Å². The molecule has 1 N–H and O–H groups in total. The van der Waals surface area contributed by atoms with Gasteiger partial charge < -0.3 is 14.8 Å². The second-order valence-corrected chi connectivity index (χ2v) is 7.94. The summed E-state index contributed by atoms with van der Waals surface area (Å²) in [6, 6.07) is 19.3. The first-order valence-corrected chi connectivity index (χ1v) is 10.7. The molecule has 0 unspecified atom stereocenters. The minimum absolute atomic E-state index is 0.0618. The number of benzene rings is 2. The van der Waals surface area contributed by atoms with Gasteiger partial charge in [-0.3, -0.25) is 4.79 Å². The molecule has 1 aromatic heterocycles. The van der Waals surface area contributed by atoms with E-state index in [1.54, 1.807) is 12.1 Å². The summed E-state index contributed by atoms with van der Waals surface area (Å²) >= 11 is 0. The maximum Gasteiger partial charge on any atom is 0.317 e. The van der Waals surface area contributed by atoms with E-state index in [1.807, 2.05) is 62.4 Å². The summed E-state index contributed by atoms with van der Waals surface area (Å²) in [4.78, 5) is 21.3. The number of hydrogen-bond donors (Lipinski definition) is 1. The zero-order valence-corrected chi connectivity index (χ0v) is 17.9. The van der Waals surface area contributed by atoms with Gasteiger partial charge in [0.15, 0.2) is 0 Å². The normalized spacial score (nSPS) is 18.3. The number of aryl methyl sites for hydroxylation is 2. The van der Waals surface area contributed by atoms with Crippen LogP contribution in [-0.4, -0.2) is 28.0 Å². The fourth-order valence-electron chi connectivity index (χ4n) is 3.79. The van der Waals surface area contributed by atoms with E-state index < -0.39 is 0 Å². The smallest absolute Gasteiger partial charge is 0.317 e. The molecular weight excluding hydrogens is 390 g/mol. The Morgan fingerprint density at radius 1 is 0.871 bits per heavy atom. The third-order valence-electron chi connectivity index (χ3n) is 5.34. The second kappa shape index (κ2) is 9.60. The topological polar surface area (TPSA) is 73.3 Å². The third kappa shape index (κ3) is 5.81. The highest BCUT2D eigenvalue weighted by atomic mass is 16.5. The molecule has 0 radical (unpaired) electrons. The monoisotopic (exact) mass is 417 g/mol. The number of aromatic nitrogens is 2. The van der Waals surface area contributed by atoms with Crippen molar-refractivity contribution in [2.75, 3.05) is 0 Å². The molecule has 160 valence electrons. The van der Waals surface area contributed by atoms with E-state index in [2.05, 4.69) is 15.3 Å². The first-order chi connectivity index (χ1) is 15.0. The van der Waals surface area contributed by atoms with Gasteiger partial charge in [-0.2, -0.15) is 0 Å². The molecule has 31 heavy (non-hydrogen) atoms. The minimum atomic E-state index is -0.0618. The summed E-state index contributed by atoms with van der Waals surface area (Å²) in [6.07, 6.45) is 3.56. The fraction of sp³-hybridized carbons (Fsp3) is 0.320. The number of hydrogen-bond acceptors (Lipinski definition) is 5. The number of nitrogens with zero attached hydrogens (tertiary/aromatic N) is 2. The molecular formula is C25H27N3O3. The van der Waals surface area contributed by atoms with Crippen LogP contribution in [0.15, 0.2) is 60.7 Å². The van der Waals surface area contributed by atoms with Crippen LogP contribution < -0.4 is 14.8 Å². The molecule has 0 bridgehead atoms. The van der Waals surface area contributed by atoms with Crippen molar-refractivity contribution in [3.05, 3.63) is 77.6 Å². The number of rotatable bonds is 6. The molecule has 1 saturated carbocycles. The summed E-state index contributed by atoms with van der Waals surface area (Å²) < 4.78 is 11.8. The van der Waals surface area contributed by atoms with Crippen molar-refractivity contribution in [1.29, 1.82) is 0 Å². The molecule has 0 spiro atoms. The minimum Gasteiger partial charge on any atom is -0.460 e. The van der Waals surface area contributed by atoms with Crippen LogP contribution in [0.5, 0.6) is 17.5 Å². The van der Waals surface area contributed by atoms with Crippen molar-refractivity contribution in [2.24, 2.45) is 0 Å². The van der Waals surface area contributed by atoms with Gasteiger partial charge in [-0.05, 0) is 82.0 Å². The van der Waals surface area contributed by atoms with Crippen molar-refractivity contribution in [3.63, 3.8) is 0 Å². The molecule has 1 amide bonds. The predicted molar refractivity (Wildman–Crippen MR) is 119 cm³/mol. The highest BCUT2D eigenvalue weighted by molar-refractivity contribution is 5.94. The Bertz CT molecular complexity index is 994. The van der Waals surface area contributed by atoms with Crippen LogP contribution in [0.3, 0.4) is 0 Å². The van der Waals surface area contributed by atoms with Crippen molar-refractivity contribution >= 4 is 5.91 Å². The van der Waals surface area contributed by atoms with Crippen LogP contribution >= 0.6 is 0 Å². The van der Waals surface area contributed by atoms with Gasteiger partial charge in [0, 0.05) is 23.0 Å². The van der Waals surface area contributed by atoms with Gasteiger partial charge in [0.25, 0.3) is 5.91 Å². The van der Waals surface area contributed by atoms with E-state index >= 15 is 0 Å². The zero-order valence-electron chi connectivity index (χ0n) is 17.9. The van der Waals surface area contributed by atoms with Crippen molar-refractivity contribution < 1.29 is 14.3 Å². The SMILES string of the molecule is Cc1cc(C)nc(OC2CCC(NC(=O)c3ccc(Oc4ccccc4)cc3)CC2)n1. The van der Waals surface area contributed by atoms with Crippen LogP contribution in [0, 0.1) is 13.8 Å². The Balaban J connectivity index is 1.26. The number of ether oxygens (including phenoxy) is 2. The molecule has 3 aromatic rings. The van der Waals surface area contributed by atoms with E-state index in [0.29, 0.717) is 17.3 Å². The first kappa shape index (κ1) is 20.8. The van der Waals surface area contributed by atoms with Crippen molar-refractivity contribution in [1.82, 2.24) is 15.3 Å². The molecule has 0 aliphatic heterocycles. The lowest BCUT2D eigenvalue weighted by Crippen LogP contribution is -2.39. The lowest BCUT2D eigenvalue weighted by molar-refractivity contribution is 0.0884. The van der Waals surface area contributed by atoms with Crippen LogP contribution in [0.25, 0.3) is 0 Å². The van der Waals surface area contributed by atoms with Crippen LogP contribution in [0.2, 0.25) is 0 Å². The first-order valence-electron chi connectivity index (χ1n) is 10.7. The maximum atomic E-state index is 12.6. The van der Waals surface area contributed by atoms with Gasteiger partial charge >= 0.3 is 6.01 Å². The molecule has 1 aliphatic rings. The Kier molecular flexibility index (Phi) is 6.46. The lowest BCUT2D eigenvalue weighted by atomic mass is 9.92. The highest BCUT2D eigenvalue weighted by Crippen LogP contribution is 2.24. The molecule has 1 fully saturated rings. The van der Waals surface area contributed by atoms with Crippen LogP contribution in [-0.2, 0) is 0 Å². The summed E-state index contributed by atoms with van der Waals surface area (Å²) in [6.45, 7) is 3.88. The molecule has 0 atom stereocenters. The Morgan fingerprint density at radius 2 is 1.48 bits per heavy atom. The predicted octanol–water partition coefficient (Wildman–Crippen LogP) is 5.01. The summed E-state index contributed by atoms with van der Waals surface area (Å²) in [5.74, 6) is 1.41. The highest BCUT2D eigenvalue weighted by Gasteiger charge is 2.24. The quantitative estimate of drug-likeness (QED) is 0.611. The molecule has 2 aromatic carbocycles. The number of nitrogens with one attached hydrogen (secondary N) is 1. The Morgan fingerprint density at radius 3 is 2.13 bits per heavy atom. The summed E-state index contributed by atoms with van der Waals surface area (Å²) in [7, 11) is 0. The van der Waals surface area contributed by atoms with E-state index in [0.717, 1.165) is 42.8 Å². The number of amides is 1. The Labute approximate surface area is 182 Å². The maximum absolute atomic E-state index is 12.6. The molecule has 0 saturated heterocycles. The summed E-state index contributed by atoms with van der Waals surface area (Å²) in [5, 5.41) is 3.14. The molecule has 1 aliphatic carbocycles. The standard InChI is InChI=1S/C25H27N3O3/c1-17-16-18(2)27-25(26-17)31-23-14-10-20(11-15-23)28-24(29)19-8-12-22(13-9-19)30-21-6-4-3-5-7-21/h3-9,12-13,16,20,23H,10-11,14-15H2,1-2H3,(H,28,29). The average Bonchev–Trinajstić information content (AvgIpc) is 2.76. The van der Waals surface area contributed by atoms with Gasteiger partial charge in [-0.25, -0.2) is 9.97 Å². The van der Waals surface area contributed by atoms with Gasteiger partial charge in [-0.1, -0.05) is 18.2 Å².